The van der Waals surface area contributed by atoms with Crippen molar-refractivity contribution >= 4 is 17.6 Å². The number of anilines is 1. The van der Waals surface area contributed by atoms with Gasteiger partial charge in [-0.3, -0.25) is 14.5 Å². The van der Waals surface area contributed by atoms with Crippen molar-refractivity contribution in [3.8, 4) is 0 Å². The molecule has 5 nitrogen and oxygen atoms in total. The summed E-state index contributed by atoms with van der Waals surface area (Å²) in [4.78, 5) is 25.8. The summed E-state index contributed by atoms with van der Waals surface area (Å²) in [5, 5.41) is 2.86. The highest BCUT2D eigenvalue weighted by atomic mass is 16.5. The van der Waals surface area contributed by atoms with Crippen LogP contribution < -0.4 is 5.32 Å². The molecule has 1 heterocycles. The number of nitrogens with one attached hydrogen (secondary N) is 1. The van der Waals surface area contributed by atoms with E-state index in [4.69, 9.17) is 4.74 Å². The molecule has 0 saturated carbocycles. The van der Waals surface area contributed by atoms with Crippen LogP contribution in [0.1, 0.15) is 25.7 Å². The fraction of sp³-hybridized carbons (Fsp3) is 0.500. The number of piperidine rings is 1. The summed E-state index contributed by atoms with van der Waals surface area (Å²) in [6, 6.07) is 9.19. The van der Waals surface area contributed by atoms with Crippen LogP contribution in [0.15, 0.2) is 30.3 Å². The van der Waals surface area contributed by atoms with Crippen LogP contribution in [0.3, 0.4) is 0 Å². The number of para-hydroxylation sites is 1. The molecule has 0 bridgehead atoms. The molecule has 0 aliphatic carbocycles. The standard InChI is InChI=1S/C16H22N2O3/c1-21-16(20)14-9-5-6-11-18(14)12-10-15(19)17-13-7-3-2-4-8-13/h2-4,7-8,14H,5-6,9-12H2,1H3,(H,17,19). The van der Waals surface area contributed by atoms with E-state index in [1.54, 1.807) is 0 Å². The smallest absolute Gasteiger partial charge is 0.323 e. The van der Waals surface area contributed by atoms with Gasteiger partial charge in [-0.05, 0) is 31.5 Å². The minimum atomic E-state index is -0.201. The highest BCUT2D eigenvalue weighted by Crippen LogP contribution is 2.18. The number of carbonyl (C=O) groups is 2. The van der Waals surface area contributed by atoms with E-state index in [9.17, 15) is 9.59 Å². The van der Waals surface area contributed by atoms with E-state index in [-0.39, 0.29) is 17.9 Å². The van der Waals surface area contributed by atoms with Crippen LogP contribution in [0.25, 0.3) is 0 Å². The van der Waals surface area contributed by atoms with Crippen LogP contribution in [-0.4, -0.2) is 43.0 Å². The molecule has 5 heteroatoms. The number of amides is 1. The van der Waals surface area contributed by atoms with Crippen LogP contribution in [0.5, 0.6) is 0 Å². The zero-order valence-electron chi connectivity index (χ0n) is 12.4. The first-order valence-electron chi connectivity index (χ1n) is 7.37. The Hall–Kier alpha value is -1.88. The van der Waals surface area contributed by atoms with Crippen LogP contribution in [0.2, 0.25) is 0 Å². The quantitative estimate of drug-likeness (QED) is 0.843. The molecule has 1 amide bonds. The SMILES string of the molecule is COC(=O)C1CCCCN1CCC(=O)Nc1ccccc1. The lowest BCUT2D eigenvalue weighted by Crippen LogP contribution is -2.46. The molecule has 1 atom stereocenters. The third-order valence-corrected chi connectivity index (χ3v) is 3.77. The van der Waals surface area contributed by atoms with Gasteiger partial charge < -0.3 is 10.1 Å². The van der Waals surface area contributed by atoms with Gasteiger partial charge in [-0.2, -0.15) is 0 Å². The van der Waals surface area contributed by atoms with E-state index in [1.165, 1.54) is 7.11 Å². The Bertz CT molecular complexity index is 476. The molecule has 114 valence electrons. The first kappa shape index (κ1) is 15.5. The molecule has 1 aromatic carbocycles. The van der Waals surface area contributed by atoms with Crippen molar-refractivity contribution in [3.05, 3.63) is 30.3 Å². The van der Waals surface area contributed by atoms with E-state index in [1.807, 2.05) is 30.3 Å². The topological polar surface area (TPSA) is 58.6 Å². The largest absolute Gasteiger partial charge is 0.468 e. The van der Waals surface area contributed by atoms with Gasteiger partial charge in [0.15, 0.2) is 0 Å². The molecular formula is C16H22N2O3. The molecule has 0 radical (unpaired) electrons. The number of likely N-dealkylation sites (tertiary alicyclic amines) is 1. The maximum Gasteiger partial charge on any atom is 0.323 e. The number of hydrogen-bond donors (Lipinski definition) is 1. The van der Waals surface area contributed by atoms with Crippen molar-refractivity contribution in [2.45, 2.75) is 31.7 Å². The third-order valence-electron chi connectivity index (χ3n) is 3.77. The fourth-order valence-electron chi connectivity index (χ4n) is 2.65. The molecule has 1 fully saturated rings. The predicted octanol–water partition coefficient (Wildman–Crippen LogP) is 2.04. The first-order chi connectivity index (χ1) is 10.2. The summed E-state index contributed by atoms with van der Waals surface area (Å²) in [6.45, 7) is 1.43. The number of benzene rings is 1. The van der Waals surface area contributed by atoms with Crippen molar-refractivity contribution < 1.29 is 14.3 Å². The summed E-state index contributed by atoms with van der Waals surface area (Å²) >= 11 is 0. The molecule has 1 aliphatic heterocycles. The summed E-state index contributed by atoms with van der Waals surface area (Å²) in [5.74, 6) is -0.228. The van der Waals surface area contributed by atoms with Crippen molar-refractivity contribution in [2.24, 2.45) is 0 Å². The summed E-state index contributed by atoms with van der Waals surface area (Å²) in [5.41, 5.74) is 0.797. The minimum Gasteiger partial charge on any atom is -0.468 e. The van der Waals surface area contributed by atoms with Crippen LogP contribution in [0, 0.1) is 0 Å². The fourth-order valence-corrected chi connectivity index (χ4v) is 2.65. The van der Waals surface area contributed by atoms with Crippen molar-refractivity contribution in [2.75, 3.05) is 25.5 Å². The number of hydrogen-bond acceptors (Lipinski definition) is 4. The Morgan fingerprint density at radius 3 is 2.76 bits per heavy atom. The van der Waals surface area contributed by atoms with E-state index >= 15 is 0 Å². The molecule has 1 unspecified atom stereocenters. The molecule has 1 saturated heterocycles. The maximum absolute atomic E-state index is 11.9. The molecule has 2 rings (SSSR count). The Balaban J connectivity index is 1.83. The normalized spacial score (nSPS) is 19.0. The summed E-state index contributed by atoms with van der Waals surface area (Å²) < 4.78 is 4.84. The van der Waals surface area contributed by atoms with Gasteiger partial charge in [0.2, 0.25) is 5.91 Å². The zero-order chi connectivity index (χ0) is 15.1. The Morgan fingerprint density at radius 1 is 1.29 bits per heavy atom. The van der Waals surface area contributed by atoms with Gasteiger partial charge in [0.05, 0.1) is 7.11 Å². The number of carbonyl (C=O) groups excluding carboxylic acids is 2. The molecule has 1 N–H and O–H groups in total. The molecule has 21 heavy (non-hydrogen) atoms. The average molecular weight is 290 g/mol. The number of esters is 1. The second kappa shape index (κ2) is 7.78. The number of methoxy groups -OCH3 is 1. The van der Waals surface area contributed by atoms with Crippen LogP contribution >= 0.6 is 0 Å². The Kier molecular flexibility index (Phi) is 5.75. The number of rotatable bonds is 5. The maximum atomic E-state index is 11.9. The monoisotopic (exact) mass is 290 g/mol. The van der Waals surface area contributed by atoms with Gasteiger partial charge in [0, 0.05) is 18.7 Å². The molecule has 0 spiro atoms. The number of nitrogens with zero attached hydrogens (tertiary/aromatic N) is 1. The minimum absolute atomic E-state index is 0.0320. The van der Waals surface area contributed by atoms with Crippen LogP contribution in [-0.2, 0) is 14.3 Å². The molecular weight excluding hydrogens is 268 g/mol. The lowest BCUT2D eigenvalue weighted by molar-refractivity contribution is -0.148. The predicted molar refractivity (Wildman–Crippen MR) is 80.9 cm³/mol. The second-order valence-corrected chi connectivity index (χ2v) is 5.23. The lowest BCUT2D eigenvalue weighted by Gasteiger charge is -2.33. The van der Waals surface area contributed by atoms with Gasteiger partial charge in [0.1, 0.15) is 6.04 Å². The average Bonchev–Trinajstić information content (AvgIpc) is 2.53. The number of ether oxygens (including phenoxy) is 1. The third kappa shape index (κ3) is 4.56. The van der Waals surface area contributed by atoms with E-state index in [2.05, 4.69) is 10.2 Å². The highest BCUT2D eigenvalue weighted by Gasteiger charge is 2.29. The highest BCUT2D eigenvalue weighted by molar-refractivity contribution is 5.90. The van der Waals surface area contributed by atoms with Gasteiger partial charge in [-0.15, -0.1) is 0 Å². The first-order valence-corrected chi connectivity index (χ1v) is 7.37. The van der Waals surface area contributed by atoms with Crippen molar-refractivity contribution in [3.63, 3.8) is 0 Å². The van der Waals surface area contributed by atoms with E-state index < -0.39 is 0 Å². The van der Waals surface area contributed by atoms with Gasteiger partial charge >= 0.3 is 5.97 Å². The molecule has 1 aromatic rings. The van der Waals surface area contributed by atoms with E-state index in [0.717, 1.165) is 31.5 Å². The van der Waals surface area contributed by atoms with Gasteiger partial charge in [0.25, 0.3) is 0 Å². The van der Waals surface area contributed by atoms with Crippen molar-refractivity contribution in [1.82, 2.24) is 4.90 Å². The van der Waals surface area contributed by atoms with E-state index in [0.29, 0.717) is 13.0 Å². The van der Waals surface area contributed by atoms with Gasteiger partial charge in [-0.25, -0.2) is 0 Å². The summed E-state index contributed by atoms with van der Waals surface area (Å²) in [6.07, 6.45) is 3.29. The Morgan fingerprint density at radius 2 is 2.05 bits per heavy atom. The summed E-state index contributed by atoms with van der Waals surface area (Å²) in [7, 11) is 1.41. The Labute approximate surface area is 125 Å². The molecule has 1 aliphatic rings. The van der Waals surface area contributed by atoms with Crippen molar-refractivity contribution in [1.29, 1.82) is 0 Å². The van der Waals surface area contributed by atoms with Crippen LogP contribution in [0.4, 0.5) is 5.69 Å². The lowest BCUT2D eigenvalue weighted by atomic mass is 10.0. The second-order valence-electron chi connectivity index (χ2n) is 5.23. The molecule has 0 aromatic heterocycles. The zero-order valence-corrected chi connectivity index (χ0v) is 12.4. The van der Waals surface area contributed by atoms with Gasteiger partial charge in [-0.1, -0.05) is 24.6 Å².